The Bertz CT molecular complexity index is 1170. The van der Waals surface area contributed by atoms with E-state index in [0.717, 1.165) is 10.7 Å². The molecule has 1 aromatic carbocycles. The van der Waals surface area contributed by atoms with Crippen LogP contribution in [0.15, 0.2) is 29.4 Å². The predicted molar refractivity (Wildman–Crippen MR) is 136 cm³/mol. The number of carbonyl (C=O) groups is 2. The first-order valence-corrected chi connectivity index (χ1v) is 13.0. The molecule has 12 heteroatoms. The highest BCUT2D eigenvalue weighted by molar-refractivity contribution is 7.99. The number of halogens is 2. The van der Waals surface area contributed by atoms with Gasteiger partial charge < -0.3 is 19.4 Å². The van der Waals surface area contributed by atoms with Gasteiger partial charge in [0.25, 0.3) is 0 Å². The standard InChI is InChI=1S/C22H24Cl2N4O4S2/c1-4-31-21(30)15-10-13(2)34-20(15)25-19(29)12-33-22-27-26-18(28(22)3)6-5-9-32-17-8-7-14(23)11-16(17)24/h7-8,10-11H,4-6,9,12H2,1-3H3,(H,25,29). The largest absolute Gasteiger partial charge is 0.492 e. The summed E-state index contributed by atoms with van der Waals surface area (Å²) in [6.45, 7) is 4.34. The molecule has 182 valence electrons. The molecule has 3 rings (SSSR count). The zero-order chi connectivity index (χ0) is 24.7. The first kappa shape index (κ1) is 26.3. The predicted octanol–water partition coefficient (Wildman–Crippen LogP) is 5.41. The number of aryl methyl sites for hydroxylation is 2. The Labute approximate surface area is 215 Å². The van der Waals surface area contributed by atoms with Crippen molar-refractivity contribution < 1.29 is 19.1 Å². The van der Waals surface area contributed by atoms with Gasteiger partial charge in [-0.25, -0.2) is 4.79 Å². The minimum atomic E-state index is -0.449. The molecule has 0 saturated carbocycles. The summed E-state index contributed by atoms with van der Waals surface area (Å²) in [5.74, 6) is 0.805. The lowest BCUT2D eigenvalue weighted by molar-refractivity contribution is -0.113. The van der Waals surface area contributed by atoms with E-state index in [4.69, 9.17) is 32.7 Å². The summed E-state index contributed by atoms with van der Waals surface area (Å²) in [6.07, 6.45) is 1.36. The number of thioether (sulfide) groups is 1. The maximum atomic E-state index is 12.5. The van der Waals surface area contributed by atoms with E-state index in [1.165, 1.54) is 23.1 Å². The minimum Gasteiger partial charge on any atom is -0.492 e. The summed E-state index contributed by atoms with van der Waals surface area (Å²) in [6, 6.07) is 6.81. The van der Waals surface area contributed by atoms with E-state index in [2.05, 4.69) is 15.5 Å². The molecular weight excluding hydrogens is 519 g/mol. The summed E-state index contributed by atoms with van der Waals surface area (Å²) in [7, 11) is 1.86. The van der Waals surface area contributed by atoms with E-state index in [1.54, 1.807) is 31.2 Å². The van der Waals surface area contributed by atoms with Crippen molar-refractivity contribution in [3.63, 3.8) is 0 Å². The maximum absolute atomic E-state index is 12.5. The Morgan fingerprint density at radius 1 is 1.24 bits per heavy atom. The highest BCUT2D eigenvalue weighted by Crippen LogP contribution is 2.29. The number of carbonyl (C=O) groups excluding carboxylic acids is 2. The van der Waals surface area contributed by atoms with Crippen LogP contribution in [0.5, 0.6) is 5.75 Å². The Hall–Kier alpha value is -2.27. The summed E-state index contributed by atoms with van der Waals surface area (Å²) in [5, 5.41) is 13.3. The molecule has 34 heavy (non-hydrogen) atoms. The fraction of sp³-hybridized carbons (Fsp3) is 0.364. The Kier molecular flexibility index (Phi) is 9.63. The van der Waals surface area contributed by atoms with Crippen molar-refractivity contribution in [1.29, 1.82) is 0 Å². The van der Waals surface area contributed by atoms with Gasteiger partial charge in [0.05, 0.1) is 29.6 Å². The number of thiophene rings is 1. The second-order valence-electron chi connectivity index (χ2n) is 7.14. The SMILES string of the molecule is CCOC(=O)c1cc(C)sc1NC(=O)CSc1nnc(CCCOc2ccc(Cl)cc2Cl)n1C. The lowest BCUT2D eigenvalue weighted by atomic mass is 10.3. The third-order valence-electron chi connectivity index (χ3n) is 4.56. The van der Waals surface area contributed by atoms with Crippen molar-refractivity contribution in [2.75, 3.05) is 24.3 Å². The van der Waals surface area contributed by atoms with Gasteiger partial charge in [0.15, 0.2) is 5.16 Å². The molecular formula is C22H24Cl2N4O4S2. The van der Waals surface area contributed by atoms with Crippen LogP contribution in [0.1, 0.15) is 34.4 Å². The highest BCUT2D eigenvalue weighted by atomic mass is 35.5. The third kappa shape index (κ3) is 7.11. The van der Waals surface area contributed by atoms with Crippen LogP contribution in [0.25, 0.3) is 0 Å². The van der Waals surface area contributed by atoms with Crippen LogP contribution < -0.4 is 10.1 Å². The molecule has 0 radical (unpaired) electrons. The molecule has 1 N–H and O–H groups in total. The molecule has 0 unspecified atom stereocenters. The van der Waals surface area contributed by atoms with Gasteiger partial charge in [0.2, 0.25) is 5.91 Å². The number of nitrogens with one attached hydrogen (secondary N) is 1. The van der Waals surface area contributed by atoms with E-state index in [9.17, 15) is 9.59 Å². The Morgan fingerprint density at radius 2 is 2.03 bits per heavy atom. The van der Waals surface area contributed by atoms with Crippen molar-refractivity contribution >= 4 is 63.2 Å². The monoisotopic (exact) mass is 542 g/mol. The number of rotatable bonds is 11. The quantitative estimate of drug-likeness (QED) is 0.196. The molecule has 8 nitrogen and oxygen atoms in total. The summed E-state index contributed by atoms with van der Waals surface area (Å²) >= 11 is 14.6. The van der Waals surface area contributed by atoms with E-state index < -0.39 is 5.97 Å². The summed E-state index contributed by atoms with van der Waals surface area (Å²) < 4.78 is 12.6. The third-order valence-corrected chi connectivity index (χ3v) is 7.07. The highest BCUT2D eigenvalue weighted by Gasteiger charge is 2.19. The second kappa shape index (κ2) is 12.4. The van der Waals surface area contributed by atoms with Crippen LogP contribution in [-0.2, 0) is 23.0 Å². The molecule has 0 spiro atoms. The average Bonchev–Trinajstić information content (AvgIpc) is 3.33. The molecule has 0 aliphatic carbocycles. The average molecular weight is 543 g/mol. The van der Waals surface area contributed by atoms with Crippen LogP contribution >= 0.6 is 46.3 Å². The number of aromatic nitrogens is 3. The molecule has 0 aliphatic heterocycles. The van der Waals surface area contributed by atoms with Crippen LogP contribution in [0.4, 0.5) is 5.00 Å². The minimum absolute atomic E-state index is 0.128. The van der Waals surface area contributed by atoms with Gasteiger partial charge in [0, 0.05) is 23.4 Å². The lowest BCUT2D eigenvalue weighted by Gasteiger charge is -2.08. The van der Waals surface area contributed by atoms with Gasteiger partial charge in [-0.1, -0.05) is 35.0 Å². The normalized spacial score (nSPS) is 10.9. The topological polar surface area (TPSA) is 95.3 Å². The van der Waals surface area contributed by atoms with Crippen LogP contribution in [-0.4, -0.2) is 45.6 Å². The Morgan fingerprint density at radius 3 is 2.76 bits per heavy atom. The van der Waals surface area contributed by atoms with E-state index in [0.29, 0.717) is 51.0 Å². The fourth-order valence-corrected chi connectivity index (χ4v) is 5.06. The molecule has 1 amide bonds. The molecule has 2 heterocycles. The number of anilines is 1. The van der Waals surface area contributed by atoms with Gasteiger partial charge in [-0.3, -0.25) is 4.79 Å². The van der Waals surface area contributed by atoms with Crippen molar-refractivity contribution in [1.82, 2.24) is 14.8 Å². The number of nitrogens with zero attached hydrogens (tertiary/aromatic N) is 3. The molecule has 0 fully saturated rings. The first-order valence-electron chi connectivity index (χ1n) is 10.4. The second-order valence-corrected chi connectivity index (χ2v) is 10.2. The smallest absolute Gasteiger partial charge is 0.341 e. The van der Waals surface area contributed by atoms with Gasteiger partial charge in [-0.05, 0) is 44.5 Å². The van der Waals surface area contributed by atoms with Crippen molar-refractivity contribution in [2.24, 2.45) is 7.05 Å². The summed E-state index contributed by atoms with van der Waals surface area (Å²) in [5.41, 5.74) is 0.366. The van der Waals surface area contributed by atoms with E-state index >= 15 is 0 Å². The molecule has 2 aromatic heterocycles. The lowest BCUT2D eigenvalue weighted by Crippen LogP contribution is -2.16. The molecule has 3 aromatic rings. The van der Waals surface area contributed by atoms with Crippen molar-refractivity contribution in [3.8, 4) is 5.75 Å². The zero-order valence-electron chi connectivity index (χ0n) is 18.9. The van der Waals surface area contributed by atoms with Gasteiger partial charge in [-0.2, -0.15) is 0 Å². The van der Waals surface area contributed by atoms with E-state index in [-0.39, 0.29) is 18.3 Å². The van der Waals surface area contributed by atoms with Crippen molar-refractivity contribution in [3.05, 3.63) is 50.6 Å². The Balaban J connectivity index is 1.48. The van der Waals surface area contributed by atoms with Gasteiger partial charge in [0.1, 0.15) is 16.6 Å². The van der Waals surface area contributed by atoms with Crippen molar-refractivity contribution in [2.45, 2.75) is 31.8 Å². The number of benzene rings is 1. The number of esters is 1. The maximum Gasteiger partial charge on any atom is 0.341 e. The molecule has 0 aliphatic rings. The zero-order valence-corrected chi connectivity index (χ0v) is 22.0. The van der Waals surface area contributed by atoms with E-state index in [1.807, 2.05) is 18.5 Å². The van der Waals surface area contributed by atoms with Gasteiger partial charge >= 0.3 is 5.97 Å². The number of amides is 1. The van der Waals surface area contributed by atoms with Crippen LogP contribution in [0.2, 0.25) is 10.0 Å². The number of hydrogen-bond donors (Lipinski definition) is 1. The summed E-state index contributed by atoms with van der Waals surface area (Å²) in [4.78, 5) is 25.5. The number of ether oxygens (including phenoxy) is 2. The molecule has 0 bridgehead atoms. The molecule has 0 saturated heterocycles. The van der Waals surface area contributed by atoms with Gasteiger partial charge in [-0.15, -0.1) is 21.5 Å². The first-order chi connectivity index (χ1) is 16.3. The molecule has 0 atom stereocenters. The fourth-order valence-electron chi connectivity index (χ4n) is 2.95. The van der Waals surface area contributed by atoms with Crippen LogP contribution in [0, 0.1) is 6.92 Å². The number of hydrogen-bond acceptors (Lipinski definition) is 8. The van der Waals surface area contributed by atoms with Crippen LogP contribution in [0.3, 0.4) is 0 Å².